The van der Waals surface area contributed by atoms with Crippen LogP contribution in [0.5, 0.6) is 11.6 Å². The molecular weight excluding hydrogens is 615 g/mol. The van der Waals surface area contributed by atoms with Crippen LogP contribution in [0.3, 0.4) is 0 Å². The van der Waals surface area contributed by atoms with E-state index in [9.17, 15) is 9.90 Å². The summed E-state index contributed by atoms with van der Waals surface area (Å²) >= 11 is 12.7. The SMILES string of the molecule is CC(O)NCC1CCN(Cc2cc(Oc3ccc(N4CCCN(CCC(=O)O)CC4)nc3)nc(-c3cc(Cl)cc(Cl)c3)c2)CC1. The summed E-state index contributed by atoms with van der Waals surface area (Å²) in [5, 5.41) is 22.8. The van der Waals surface area contributed by atoms with E-state index in [0.29, 0.717) is 34.1 Å². The lowest BCUT2D eigenvalue weighted by Gasteiger charge is -2.32. The summed E-state index contributed by atoms with van der Waals surface area (Å²) in [6.07, 6.45) is 4.48. The van der Waals surface area contributed by atoms with Crippen molar-refractivity contribution < 1.29 is 19.7 Å². The van der Waals surface area contributed by atoms with Gasteiger partial charge in [0, 0.05) is 60.9 Å². The summed E-state index contributed by atoms with van der Waals surface area (Å²) in [5.74, 6) is 1.71. The number of piperidine rings is 1. The Hall–Kier alpha value is -2.99. The second-order valence-electron chi connectivity index (χ2n) is 11.9. The number of pyridine rings is 2. The topological polar surface area (TPSA) is 114 Å². The van der Waals surface area contributed by atoms with Crippen molar-refractivity contribution in [3.8, 4) is 22.9 Å². The Bertz CT molecular complexity index is 1400. The Balaban J connectivity index is 1.28. The molecule has 0 bridgehead atoms. The first-order valence-electron chi connectivity index (χ1n) is 15.6. The van der Waals surface area contributed by atoms with Gasteiger partial charge in [-0.05, 0) is 93.7 Å². The van der Waals surface area contributed by atoms with Crippen LogP contribution in [0.1, 0.15) is 38.2 Å². The number of carbonyl (C=O) groups is 1. The van der Waals surface area contributed by atoms with Gasteiger partial charge < -0.3 is 24.7 Å². The number of anilines is 1. The number of carboxylic acids is 1. The van der Waals surface area contributed by atoms with Crippen molar-refractivity contribution in [2.24, 2.45) is 5.92 Å². The molecular formula is C33H42Cl2N6O4. The fraction of sp³-hybridized carbons (Fsp3) is 0.485. The monoisotopic (exact) mass is 656 g/mol. The fourth-order valence-corrected chi connectivity index (χ4v) is 6.44. The number of likely N-dealkylation sites (tertiary alicyclic amines) is 1. The van der Waals surface area contributed by atoms with Crippen LogP contribution in [0.25, 0.3) is 11.3 Å². The zero-order valence-electron chi connectivity index (χ0n) is 25.7. The number of aliphatic hydroxyl groups excluding tert-OH is 1. The van der Waals surface area contributed by atoms with E-state index in [1.807, 2.05) is 30.3 Å². The summed E-state index contributed by atoms with van der Waals surface area (Å²) in [5.41, 5.74) is 2.62. The molecule has 2 saturated heterocycles. The predicted octanol–water partition coefficient (Wildman–Crippen LogP) is 5.37. The van der Waals surface area contributed by atoms with Crippen molar-refractivity contribution in [2.45, 2.75) is 45.4 Å². The van der Waals surface area contributed by atoms with Crippen molar-refractivity contribution in [1.82, 2.24) is 25.1 Å². The first-order chi connectivity index (χ1) is 21.7. The third kappa shape index (κ3) is 10.3. The molecule has 0 spiro atoms. The van der Waals surface area contributed by atoms with Crippen molar-refractivity contribution in [3.63, 3.8) is 0 Å². The number of hydrogen-bond acceptors (Lipinski definition) is 9. The molecule has 1 aromatic carbocycles. The zero-order chi connectivity index (χ0) is 31.8. The highest BCUT2D eigenvalue weighted by Gasteiger charge is 2.21. The number of nitrogens with zero attached hydrogens (tertiary/aromatic N) is 5. The minimum atomic E-state index is -0.765. The maximum atomic E-state index is 11.0. The van der Waals surface area contributed by atoms with Gasteiger partial charge >= 0.3 is 5.97 Å². The number of hydrogen-bond donors (Lipinski definition) is 3. The van der Waals surface area contributed by atoms with E-state index in [-0.39, 0.29) is 6.42 Å². The van der Waals surface area contributed by atoms with Gasteiger partial charge in [-0.15, -0.1) is 0 Å². The number of rotatable bonds is 12. The Morgan fingerprint density at radius 1 is 1.02 bits per heavy atom. The lowest BCUT2D eigenvalue weighted by molar-refractivity contribution is -0.137. The lowest BCUT2D eigenvalue weighted by atomic mass is 9.96. The van der Waals surface area contributed by atoms with Crippen LogP contribution in [0, 0.1) is 5.92 Å². The summed E-state index contributed by atoms with van der Waals surface area (Å²) < 4.78 is 6.27. The Morgan fingerprint density at radius 2 is 1.80 bits per heavy atom. The zero-order valence-corrected chi connectivity index (χ0v) is 27.2. The minimum absolute atomic E-state index is 0.159. The number of aliphatic hydroxyl groups is 1. The third-order valence-electron chi connectivity index (χ3n) is 8.33. The van der Waals surface area contributed by atoms with E-state index in [0.717, 1.165) is 94.3 Å². The lowest BCUT2D eigenvalue weighted by Crippen LogP contribution is -2.38. The number of nitrogens with one attached hydrogen (secondary N) is 1. The number of halogens is 2. The molecule has 4 heterocycles. The van der Waals surface area contributed by atoms with Crippen molar-refractivity contribution >= 4 is 35.0 Å². The number of aliphatic carboxylic acids is 1. The van der Waals surface area contributed by atoms with Crippen LogP contribution >= 0.6 is 23.2 Å². The predicted molar refractivity (Wildman–Crippen MR) is 177 cm³/mol. The molecule has 10 nitrogen and oxygen atoms in total. The average molecular weight is 658 g/mol. The van der Waals surface area contributed by atoms with Gasteiger partial charge in [0.25, 0.3) is 0 Å². The molecule has 45 heavy (non-hydrogen) atoms. The molecule has 12 heteroatoms. The molecule has 2 aromatic heterocycles. The van der Waals surface area contributed by atoms with Gasteiger partial charge in [-0.3, -0.25) is 15.0 Å². The van der Waals surface area contributed by atoms with Gasteiger partial charge in [-0.1, -0.05) is 23.2 Å². The molecule has 2 fully saturated rings. The van der Waals surface area contributed by atoms with Crippen LogP contribution in [0.4, 0.5) is 5.82 Å². The van der Waals surface area contributed by atoms with Gasteiger partial charge in [-0.25, -0.2) is 9.97 Å². The number of aromatic nitrogens is 2. The minimum Gasteiger partial charge on any atom is -0.481 e. The molecule has 2 aliphatic rings. The Morgan fingerprint density at radius 3 is 2.49 bits per heavy atom. The van der Waals surface area contributed by atoms with Gasteiger partial charge in [-0.2, -0.15) is 0 Å². The number of benzene rings is 1. The standard InChI is InChI=1S/C33H42Cl2N6O4/c1-23(42)36-20-24-5-10-40(11-6-24)22-25-15-30(26-17-27(34)19-28(35)18-26)38-32(16-25)45-29-3-4-31(37-21-29)41-9-2-8-39(13-14-41)12-7-33(43)44/h3-4,15-19,21,23-24,36,42H,2,5-14,20,22H2,1H3,(H,43,44). The molecule has 2 aliphatic heterocycles. The normalized spacial score (nSPS) is 17.6. The van der Waals surface area contributed by atoms with Crippen LogP contribution in [-0.4, -0.2) is 94.5 Å². The quantitative estimate of drug-likeness (QED) is 0.220. The van der Waals surface area contributed by atoms with Crippen molar-refractivity contribution in [3.05, 3.63) is 64.3 Å². The van der Waals surface area contributed by atoms with E-state index in [1.165, 1.54) is 0 Å². The highest BCUT2D eigenvalue weighted by Crippen LogP contribution is 2.31. The molecule has 242 valence electrons. The molecule has 0 saturated carbocycles. The highest BCUT2D eigenvalue weighted by atomic mass is 35.5. The third-order valence-corrected chi connectivity index (χ3v) is 8.77. The molecule has 0 aliphatic carbocycles. The Kier molecular flexibility index (Phi) is 11.9. The highest BCUT2D eigenvalue weighted by molar-refractivity contribution is 6.35. The van der Waals surface area contributed by atoms with Crippen molar-refractivity contribution in [2.75, 3.05) is 57.3 Å². The fourth-order valence-electron chi connectivity index (χ4n) is 5.91. The first-order valence-corrected chi connectivity index (χ1v) is 16.4. The smallest absolute Gasteiger partial charge is 0.304 e. The van der Waals surface area contributed by atoms with Gasteiger partial charge in [0.1, 0.15) is 17.8 Å². The van der Waals surface area contributed by atoms with E-state index < -0.39 is 12.2 Å². The summed E-state index contributed by atoms with van der Waals surface area (Å²) in [4.78, 5) is 27.3. The van der Waals surface area contributed by atoms with E-state index in [2.05, 4.69) is 31.1 Å². The van der Waals surface area contributed by atoms with E-state index in [1.54, 1.807) is 19.2 Å². The molecule has 0 radical (unpaired) electrons. The second kappa shape index (κ2) is 16.0. The van der Waals surface area contributed by atoms with E-state index >= 15 is 0 Å². The number of ether oxygens (including phenoxy) is 1. The second-order valence-corrected chi connectivity index (χ2v) is 12.8. The number of carboxylic acid groups (broad SMARTS) is 1. The Labute approximate surface area is 274 Å². The van der Waals surface area contributed by atoms with Crippen LogP contribution < -0.4 is 15.0 Å². The molecule has 3 aromatic rings. The maximum absolute atomic E-state index is 11.0. The molecule has 1 atom stereocenters. The molecule has 5 rings (SSSR count). The molecule has 1 unspecified atom stereocenters. The molecule has 3 N–H and O–H groups in total. The largest absolute Gasteiger partial charge is 0.481 e. The maximum Gasteiger partial charge on any atom is 0.304 e. The summed E-state index contributed by atoms with van der Waals surface area (Å²) in [7, 11) is 0. The summed E-state index contributed by atoms with van der Waals surface area (Å²) in [6.45, 7) is 9.19. The van der Waals surface area contributed by atoms with Crippen molar-refractivity contribution in [1.29, 1.82) is 0 Å². The van der Waals surface area contributed by atoms with E-state index in [4.69, 9.17) is 38.0 Å². The average Bonchev–Trinajstić information content (AvgIpc) is 3.25. The van der Waals surface area contributed by atoms with Crippen LogP contribution in [0.2, 0.25) is 10.0 Å². The van der Waals surface area contributed by atoms with Crippen LogP contribution in [0.15, 0.2) is 48.7 Å². The van der Waals surface area contributed by atoms with Gasteiger partial charge in [0.15, 0.2) is 0 Å². The summed E-state index contributed by atoms with van der Waals surface area (Å²) in [6, 6.07) is 13.3. The van der Waals surface area contributed by atoms with Gasteiger partial charge in [0.05, 0.1) is 18.3 Å². The van der Waals surface area contributed by atoms with Gasteiger partial charge in [0.2, 0.25) is 5.88 Å². The first kappa shape index (κ1) is 33.4. The molecule has 0 amide bonds. The van der Waals surface area contributed by atoms with Crippen LogP contribution in [-0.2, 0) is 11.3 Å².